The van der Waals surface area contributed by atoms with Gasteiger partial charge in [-0.05, 0) is 39.3 Å². The average molecular weight is 419 g/mol. The quantitative estimate of drug-likeness (QED) is 0.560. The van der Waals surface area contributed by atoms with E-state index < -0.39 is 0 Å². The lowest BCUT2D eigenvalue weighted by Gasteiger charge is -2.11. The molecule has 0 saturated heterocycles. The second kappa shape index (κ2) is 9.16. The van der Waals surface area contributed by atoms with Crippen molar-refractivity contribution in [3.63, 3.8) is 0 Å². The molecular formula is C18H22N6O2S2. The predicted octanol–water partition coefficient (Wildman–Crippen LogP) is 3.38. The summed E-state index contributed by atoms with van der Waals surface area (Å²) >= 11 is 2.67. The summed E-state index contributed by atoms with van der Waals surface area (Å²) < 4.78 is 7.87. The Hall–Kier alpha value is -2.46. The van der Waals surface area contributed by atoms with Crippen molar-refractivity contribution < 1.29 is 9.53 Å². The van der Waals surface area contributed by atoms with Crippen molar-refractivity contribution in [3.05, 3.63) is 40.2 Å². The number of aromatic nitrogens is 5. The van der Waals surface area contributed by atoms with E-state index in [4.69, 9.17) is 4.74 Å². The number of ether oxygens (including phenoxy) is 1. The van der Waals surface area contributed by atoms with Crippen LogP contribution in [0.15, 0.2) is 23.4 Å². The molecule has 2 aromatic heterocycles. The van der Waals surface area contributed by atoms with Crippen LogP contribution in [-0.2, 0) is 17.9 Å². The van der Waals surface area contributed by atoms with Crippen LogP contribution in [0.1, 0.15) is 28.9 Å². The smallest absolute Gasteiger partial charge is 0.236 e. The molecule has 0 aliphatic heterocycles. The SMILES string of the molecule is CCn1c(COc2ccc(C)cc2C)nnc1SCC(=O)Nc1nnc(C)s1. The minimum atomic E-state index is -0.153. The fourth-order valence-corrected chi connectivity index (χ4v) is 4.02. The molecule has 0 unspecified atom stereocenters. The first-order valence-corrected chi connectivity index (χ1v) is 10.6. The molecule has 28 heavy (non-hydrogen) atoms. The van der Waals surface area contributed by atoms with Crippen LogP contribution in [0.3, 0.4) is 0 Å². The molecule has 10 heteroatoms. The van der Waals surface area contributed by atoms with E-state index in [0.29, 0.717) is 23.4 Å². The van der Waals surface area contributed by atoms with E-state index >= 15 is 0 Å². The molecule has 1 N–H and O–H groups in total. The van der Waals surface area contributed by atoms with E-state index in [0.717, 1.165) is 22.1 Å². The molecule has 0 atom stereocenters. The third-order valence-electron chi connectivity index (χ3n) is 3.90. The summed E-state index contributed by atoms with van der Waals surface area (Å²) in [5.74, 6) is 1.62. The van der Waals surface area contributed by atoms with Gasteiger partial charge in [0.1, 0.15) is 17.4 Å². The van der Waals surface area contributed by atoms with Crippen LogP contribution >= 0.6 is 23.1 Å². The van der Waals surface area contributed by atoms with Crippen LogP contribution < -0.4 is 10.1 Å². The van der Waals surface area contributed by atoms with Crippen molar-refractivity contribution >= 4 is 34.1 Å². The Morgan fingerprint density at radius 1 is 1.21 bits per heavy atom. The minimum absolute atomic E-state index is 0.153. The van der Waals surface area contributed by atoms with Gasteiger partial charge in [0.05, 0.1) is 5.75 Å². The topological polar surface area (TPSA) is 94.8 Å². The first kappa shape index (κ1) is 20.3. The first-order chi connectivity index (χ1) is 13.5. The van der Waals surface area contributed by atoms with Gasteiger partial charge >= 0.3 is 0 Å². The Kier molecular flexibility index (Phi) is 6.63. The van der Waals surface area contributed by atoms with Gasteiger partial charge in [0.15, 0.2) is 11.0 Å². The number of benzene rings is 1. The van der Waals surface area contributed by atoms with Gasteiger partial charge in [0.2, 0.25) is 11.0 Å². The largest absolute Gasteiger partial charge is 0.485 e. The lowest BCUT2D eigenvalue weighted by molar-refractivity contribution is -0.113. The van der Waals surface area contributed by atoms with Gasteiger partial charge in [-0.25, -0.2) is 0 Å². The molecule has 0 fully saturated rings. The summed E-state index contributed by atoms with van der Waals surface area (Å²) in [6.45, 7) is 8.94. The van der Waals surface area contributed by atoms with Gasteiger partial charge in [-0.1, -0.05) is 40.8 Å². The molecule has 0 bridgehead atoms. The summed E-state index contributed by atoms with van der Waals surface area (Å²) in [4.78, 5) is 12.1. The number of nitrogens with zero attached hydrogens (tertiary/aromatic N) is 5. The fourth-order valence-electron chi connectivity index (χ4n) is 2.59. The lowest BCUT2D eigenvalue weighted by Crippen LogP contribution is -2.14. The van der Waals surface area contributed by atoms with Gasteiger partial charge in [0.25, 0.3) is 0 Å². The number of aryl methyl sites for hydroxylation is 3. The van der Waals surface area contributed by atoms with Gasteiger partial charge in [0, 0.05) is 6.54 Å². The zero-order valence-corrected chi connectivity index (χ0v) is 17.9. The van der Waals surface area contributed by atoms with E-state index in [9.17, 15) is 4.79 Å². The molecule has 3 aromatic rings. The molecule has 3 rings (SSSR count). The number of carbonyl (C=O) groups excluding carboxylic acids is 1. The van der Waals surface area contributed by atoms with Crippen LogP contribution in [0.4, 0.5) is 5.13 Å². The van der Waals surface area contributed by atoms with E-state index in [2.05, 4.69) is 38.7 Å². The Balaban J connectivity index is 1.59. The number of hydrogen-bond donors (Lipinski definition) is 1. The average Bonchev–Trinajstić information content (AvgIpc) is 3.24. The highest BCUT2D eigenvalue weighted by atomic mass is 32.2. The third kappa shape index (κ3) is 5.08. The van der Waals surface area contributed by atoms with Crippen LogP contribution in [-0.4, -0.2) is 36.6 Å². The zero-order valence-electron chi connectivity index (χ0n) is 16.2. The highest BCUT2D eigenvalue weighted by Gasteiger charge is 2.15. The summed E-state index contributed by atoms with van der Waals surface area (Å²) in [5.41, 5.74) is 2.28. The number of anilines is 1. The van der Waals surface area contributed by atoms with E-state index in [1.165, 1.54) is 28.7 Å². The predicted molar refractivity (Wildman–Crippen MR) is 110 cm³/mol. The number of hydrogen-bond acceptors (Lipinski definition) is 8. The Morgan fingerprint density at radius 2 is 2.04 bits per heavy atom. The standard InChI is InChI=1S/C18H22N6O2S2/c1-5-24-15(9-26-14-7-6-11(2)8-12(14)3)21-23-18(24)27-10-16(25)19-17-22-20-13(4)28-17/h6-8H,5,9-10H2,1-4H3,(H,19,22,25). The molecule has 0 spiro atoms. The summed E-state index contributed by atoms with van der Waals surface area (Å²) in [6, 6.07) is 6.07. The number of carbonyl (C=O) groups is 1. The molecule has 0 aliphatic carbocycles. The lowest BCUT2D eigenvalue weighted by atomic mass is 10.1. The van der Waals surface area contributed by atoms with Gasteiger partial charge in [-0.2, -0.15) is 0 Å². The summed E-state index contributed by atoms with van der Waals surface area (Å²) in [7, 11) is 0. The Morgan fingerprint density at radius 3 is 2.71 bits per heavy atom. The molecule has 1 aromatic carbocycles. The molecule has 0 aliphatic rings. The van der Waals surface area contributed by atoms with E-state index in [1.54, 1.807) is 0 Å². The number of nitrogens with one attached hydrogen (secondary N) is 1. The van der Waals surface area contributed by atoms with Crippen LogP contribution in [0.2, 0.25) is 0 Å². The molecule has 0 saturated carbocycles. The maximum Gasteiger partial charge on any atom is 0.236 e. The highest BCUT2D eigenvalue weighted by Crippen LogP contribution is 2.22. The summed E-state index contributed by atoms with van der Waals surface area (Å²) in [5, 5.41) is 20.9. The van der Waals surface area contributed by atoms with Gasteiger partial charge in [-0.3, -0.25) is 10.1 Å². The molecule has 8 nitrogen and oxygen atoms in total. The van der Waals surface area contributed by atoms with Crippen molar-refractivity contribution in [1.29, 1.82) is 0 Å². The van der Waals surface area contributed by atoms with Crippen LogP contribution in [0, 0.1) is 20.8 Å². The minimum Gasteiger partial charge on any atom is -0.485 e. The Labute approximate surface area is 171 Å². The Bertz CT molecular complexity index is 969. The van der Waals surface area contributed by atoms with Crippen molar-refractivity contribution in [2.75, 3.05) is 11.1 Å². The van der Waals surface area contributed by atoms with Crippen LogP contribution in [0.5, 0.6) is 5.75 Å². The molecule has 0 radical (unpaired) electrons. The molecule has 2 heterocycles. The third-order valence-corrected chi connectivity index (χ3v) is 5.62. The maximum atomic E-state index is 12.1. The van der Waals surface area contributed by atoms with Crippen molar-refractivity contribution in [2.24, 2.45) is 0 Å². The van der Waals surface area contributed by atoms with Crippen molar-refractivity contribution in [1.82, 2.24) is 25.0 Å². The molecule has 1 amide bonds. The second-order valence-electron chi connectivity index (χ2n) is 6.16. The normalized spacial score (nSPS) is 10.9. The fraction of sp³-hybridized carbons (Fsp3) is 0.389. The maximum absolute atomic E-state index is 12.1. The molecular weight excluding hydrogens is 396 g/mol. The zero-order chi connectivity index (χ0) is 20.1. The molecule has 148 valence electrons. The van der Waals surface area contributed by atoms with Gasteiger partial charge < -0.3 is 9.30 Å². The second-order valence-corrected chi connectivity index (χ2v) is 8.29. The van der Waals surface area contributed by atoms with Gasteiger partial charge in [-0.15, -0.1) is 20.4 Å². The monoisotopic (exact) mass is 418 g/mol. The highest BCUT2D eigenvalue weighted by molar-refractivity contribution is 7.99. The van der Waals surface area contributed by atoms with Crippen molar-refractivity contribution in [2.45, 2.75) is 46.0 Å². The number of rotatable bonds is 8. The number of amides is 1. The number of thioether (sulfide) groups is 1. The van der Waals surface area contributed by atoms with Crippen LogP contribution in [0.25, 0.3) is 0 Å². The van der Waals surface area contributed by atoms with E-state index in [-0.39, 0.29) is 11.7 Å². The van der Waals surface area contributed by atoms with E-state index in [1.807, 2.05) is 37.5 Å². The summed E-state index contributed by atoms with van der Waals surface area (Å²) in [6.07, 6.45) is 0. The first-order valence-electron chi connectivity index (χ1n) is 8.81. The van der Waals surface area contributed by atoms with Crippen molar-refractivity contribution in [3.8, 4) is 5.75 Å².